The van der Waals surface area contributed by atoms with Crippen LogP contribution in [-0.2, 0) is 0 Å². The molecular weight excluding hydrogens is 243 g/mol. The summed E-state index contributed by atoms with van der Waals surface area (Å²) in [6.45, 7) is 7.18. The van der Waals surface area contributed by atoms with E-state index in [-0.39, 0.29) is 5.82 Å². The average molecular weight is 266 g/mol. The van der Waals surface area contributed by atoms with Gasteiger partial charge in [-0.05, 0) is 25.2 Å². The van der Waals surface area contributed by atoms with Crippen molar-refractivity contribution in [2.45, 2.75) is 46.1 Å². The van der Waals surface area contributed by atoms with Crippen molar-refractivity contribution < 1.29 is 4.39 Å². The van der Waals surface area contributed by atoms with Crippen LogP contribution in [0.3, 0.4) is 0 Å². The van der Waals surface area contributed by atoms with Gasteiger partial charge >= 0.3 is 0 Å². The molecule has 2 N–H and O–H groups in total. The number of aromatic nitrogens is 2. The van der Waals surface area contributed by atoms with Crippen LogP contribution in [0.25, 0.3) is 0 Å². The molecule has 1 aromatic heterocycles. The summed E-state index contributed by atoms with van der Waals surface area (Å²) in [4.78, 5) is 8.13. The van der Waals surface area contributed by atoms with Crippen LogP contribution in [0, 0.1) is 17.7 Å². The zero-order chi connectivity index (χ0) is 13.8. The Morgan fingerprint density at radius 3 is 2.89 bits per heavy atom. The lowest BCUT2D eigenvalue weighted by molar-refractivity contribution is 0.252. The topological polar surface area (TPSA) is 49.8 Å². The molecule has 1 fully saturated rings. The molecule has 1 aliphatic carbocycles. The van der Waals surface area contributed by atoms with Gasteiger partial charge in [0.15, 0.2) is 11.6 Å². The van der Waals surface area contributed by atoms with E-state index in [1.807, 2.05) is 6.92 Å². The van der Waals surface area contributed by atoms with Crippen LogP contribution in [0.4, 0.5) is 16.2 Å². The van der Waals surface area contributed by atoms with Crippen LogP contribution in [0.2, 0.25) is 0 Å². The number of hydrogen-bond donors (Lipinski definition) is 2. The van der Waals surface area contributed by atoms with E-state index in [0.717, 1.165) is 13.0 Å². The fraction of sp³-hybridized carbons (Fsp3) is 0.714. The predicted molar refractivity (Wildman–Crippen MR) is 75.7 cm³/mol. The Hall–Kier alpha value is -1.39. The highest BCUT2D eigenvalue weighted by Crippen LogP contribution is 2.31. The van der Waals surface area contributed by atoms with Gasteiger partial charge in [-0.15, -0.1) is 0 Å². The molecule has 4 nitrogen and oxygen atoms in total. The highest BCUT2D eigenvalue weighted by Gasteiger charge is 2.27. The van der Waals surface area contributed by atoms with Crippen molar-refractivity contribution >= 4 is 11.8 Å². The van der Waals surface area contributed by atoms with Crippen molar-refractivity contribution in [2.24, 2.45) is 11.8 Å². The van der Waals surface area contributed by atoms with Gasteiger partial charge in [0.1, 0.15) is 0 Å². The molecule has 0 bridgehead atoms. The number of anilines is 2. The summed E-state index contributed by atoms with van der Waals surface area (Å²) in [5.74, 6) is 1.61. The molecule has 0 aliphatic heterocycles. The number of nitrogens with zero attached hydrogens (tertiary/aromatic N) is 2. The van der Waals surface area contributed by atoms with Gasteiger partial charge < -0.3 is 10.6 Å². The monoisotopic (exact) mass is 266 g/mol. The summed E-state index contributed by atoms with van der Waals surface area (Å²) in [5, 5.41) is 6.27. The molecule has 19 heavy (non-hydrogen) atoms. The van der Waals surface area contributed by atoms with Crippen molar-refractivity contribution in [3.8, 4) is 0 Å². The lowest BCUT2D eigenvalue weighted by atomic mass is 9.78. The quantitative estimate of drug-likeness (QED) is 0.878. The van der Waals surface area contributed by atoms with Crippen molar-refractivity contribution in [3.05, 3.63) is 12.0 Å². The number of halogens is 1. The fourth-order valence-electron chi connectivity index (χ4n) is 2.67. The van der Waals surface area contributed by atoms with E-state index in [9.17, 15) is 4.39 Å². The van der Waals surface area contributed by atoms with Crippen LogP contribution >= 0.6 is 0 Å². The van der Waals surface area contributed by atoms with Crippen LogP contribution in [0.15, 0.2) is 6.20 Å². The van der Waals surface area contributed by atoms with E-state index in [1.165, 1.54) is 19.0 Å². The standard InChI is InChI=1S/C14H23FN4/c1-4-16-14-17-8-11(15)13(19-14)18-12-7-5-6-9(2)10(12)3/h8-10,12H,4-7H2,1-3H3,(H2,16,17,18,19). The average Bonchev–Trinajstić information content (AvgIpc) is 2.39. The minimum absolute atomic E-state index is 0.294. The van der Waals surface area contributed by atoms with Gasteiger partial charge in [0.25, 0.3) is 0 Å². The van der Waals surface area contributed by atoms with Crippen molar-refractivity contribution in [3.63, 3.8) is 0 Å². The van der Waals surface area contributed by atoms with Crippen LogP contribution in [-0.4, -0.2) is 22.6 Å². The molecule has 0 spiro atoms. The summed E-state index contributed by atoms with van der Waals surface area (Å²) in [5.41, 5.74) is 0. The molecule has 3 unspecified atom stereocenters. The van der Waals surface area contributed by atoms with Crippen LogP contribution in [0.5, 0.6) is 0 Å². The highest BCUT2D eigenvalue weighted by molar-refractivity contribution is 5.42. The first-order chi connectivity index (χ1) is 9.11. The molecule has 2 rings (SSSR count). The molecular formula is C14H23FN4. The Bertz CT molecular complexity index is 424. The van der Waals surface area contributed by atoms with Gasteiger partial charge in [-0.1, -0.05) is 26.7 Å². The minimum atomic E-state index is -0.382. The highest BCUT2D eigenvalue weighted by atomic mass is 19.1. The van der Waals surface area contributed by atoms with Gasteiger partial charge in [-0.2, -0.15) is 4.98 Å². The van der Waals surface area contributed by atoms with E-state index in [4.69, 9.17) is 0 Å². The minimum Gasteiger partial charge on any atom is -0.364 e. The molecule has 1 saturated carbocycles. The maximum Gasteiger partial charge on any atom is 0.224 e. The summed E-state index contributed by atoms with van der Waals surface area (Å²) < 4.78 is 13.8. The maximum atomic E-state index is 13.8. The Balaban J connectivity index is 2.11. The largest absolute Gasteiger partial charge is 0.364 e. The third-order valence-electron chi connectivity index (χ3n) is 4.11. The van der Waals surface area contributed by atoms with Crippen molar-refractivity contribution in [1.29, 1.82) is 0 Å². The maximum absolute atomic E-state index is 13.8. The van der Waals surface area contributed by atoms with Crippen molar-refractivity contribution in [1.82, 2.24) is 9.97 Å². The Morgan fingerprint density at radius 1 is 1.37 bits per heavy atom. The molecule has 1 heterocycles. The zero-order valence-corrected chi connectivity index (χ0v) is 11.9. The van der Waals surface area contributed by atoms with Gasteiger partial charge in [0, 0.05) is 12.6 Å². The van der Waals surface area contributed by atoms with Gasteiger partial charge in [0.05, 0.1) is 6.20 Å². The zero-order valence-electron chi connectivity index (χ0n) is 11.9. The van der Waals surface area contributed by atoms with E-state index >= 15 is 0 Å². The van der Waals surface area contributed by atoms with E-state index in [0.29, 0.717) is 29.6 Å². The summed E-state index contributed by atoms with van der Waals surface area (Å²) in [6, 6.07) is 0.294. The molecule has 106 valence electrons. The third kappa shape index (κ3) is 3.33. The SMILES string of the molecule is CCNc1ncc(F)c(NC2CCCC(C)C2C)n1. The van der Waals surface area contributed by atoms with E-state index in [1.54, 1.807) is 0 Å². The Kier molecular flexibility index (Phi) is 4.56. The lowest BCUT2D eigenvalue weighted by Gasteiger charge is -2.34. The second kappa shape index (κ2) is 6.17. The number of rotatable bonds is 4. The normalized spacial score (nSPS) is 27.1. The van der Waals surface area contributed by atoms with E-state index in [2.05, 4.69) is 34.4 Å². The smallest absolute Gasteiger partial charge is 0.224 e. The first-order valence-electron chi connectivity index (χ1n) is 7.14. The molecule has 1 aromatic rings. The molecule has 0 saturated heterocycles. The van der Waals surface area contributed by atoms with Crippen molar-refractivity contribution in [2.75, 3.05) is 17.2 Å². The summed E-state index contributed by atoms with van der Waals surface area (Å²) in [6.07, 6.45) is 4.75. The second-order valence-corrected chi connectivity index (χ2v) is 5.44. The molecule has 5 heteroatoms. The first kappa shape index (κ1) is 14.0. The predicted octanol–water partition coefficient (Wildman–Crippen LogP) is 3.28. The molecule has 1 aliphatic rings. The van der Waals surface area contributed by atoms with Gasteiger partial charge in [-0.25, -0.2) is 9.37 Å². The first-order valence-corrected chi connectivity index (χ1v) is 7.14. The number of nitrogens with one attached hydrogen (secondary N) is 2. The second-order valence-electron chi connectivity index (χ2n) is 5.44. The lowest BCUT2D eigenvalue weighted by Crippen LogP contribution is -2.35. The third-order valence-corrected chi connectivity index (χ3v) is 4.11. The summed E-state index contributed by atoms with van der Waals surface area (Å²) >= 11 is 0. The van der Waals surface area contributed by atoms with E-state index < -0.39 is 0 Å². The van der Waals surface area contributed by atoms with Crippen LogP contribution in [0.1, 0.15) is 40.0 Å². The summed E-state index contributed by atoms with van der Waals surface area (Å²) in [7, 11) is 0. The molecule has 0 radical (unpaired) electrons. The van der Waals surface area contributed by atoms with Gasteiger partial charge in [-0.3, -0.25) is 0 Å². The fourth-order valence-corrected chi connectivity index (χ4v) is 2.67. The molecule has 0 amide bonds. The number of hydrogen-bond acceptors (Lipinski definition) is 4. The Labute approximate surface area is 114 Å². The molecule has 3 atom stereocenters. The van der Waals surface area contributed by atoms with Crippen LogP contribution < -0.4 is 10.6 Å². The molecule has 0 aromatic carbocycles. The van der Waals surface area contributed by atoms with Gasteiger partial charge in [0.2, 0.25) is 5.95 Å². The Morgan fingerprint density at radius 2 is 2.16 bits per heavy atom.